The lowest BCUT2D eigenvalue weighted by Gasteiger charge is -2.13. The molecule has 4 heteroatoms. The fraction of sp³-hybridized carbons (Fsp3) is 0.182. The van der Waals surface area contributed by atoms with E-state index in [9.17, 15) is 4.79 Å². The van der Waals surface area contributed by atoms with Crippen LogP contribution in [0.25, 0.3) is 11.1 Å². The van der Waals surface area contributed by atoms with Gasteiger partial charge in [0.05, 0.1) is 5.69 Å². The number of nitrogens with two attached hydrogens (primary N) is 1. The Labute approximate surface area is 153 Å². The quantitative estimate of drug-likeness (QED) is 0.656. The Hall–Kier alpha value is -2.98. The molecule has 0 bridgehead atoms. The second-order valence-electron chi connectivity index (χ2n) is 6.11. The maximum Gasteiger partial charge on any atom is 0.159 e. The highest BCUT2D eigenvalue weighted by molar-refractivity contribution is 5.96. The van der Waals surface area contributed by atoms with Gasteiger partial charge in [-0.15, -0.1) is 0 Å². The second-order valence-corrected chi connectivity index (χ2v) is 6.11. The van der Waals surface area contributed by atoms with Crippen LogP contribution in [0.2, 0.25) is 0 Å². The number of Topliss-reactive ketones (excluding diaryl/α,β-unsaturated/α-hetero) is 1. The van der Waals surface area contributed by atoms with E-state index in [-0.39, 0.29) is 5.78 Å². The molecule has 1 aromatic heterocycles. The standard InChI is InChI=1S/C22H22N2O2/c1-16(25)19-9-10-22(26-15-20-4-2-3-13-24-20)21(14-19)18-7-5-17(6-8-18)11-12-23/h2-10,13-14H,11-12,15,23H2,1H3. The molecule has 3 rings (SSSR count). The minimum Gasteiger partial charge on any atom is -0.487 e. The number of carbonyl (C=O) groups is 1. The van der Waals surface area contributed by atoms with Gasteiger partial charge in [0.15, 0.2) is 5.78 Å². The summed E-state index contributed by atoms with van der Waals surface area (Å²) in [4.78, 5) is 16.1. The molecule has 0 atom stereocenters. The van der Waals surface area contributed by atoms with E-state index in [4.69, 9.17) is 10.5 Å². The monoisotopic (exact) mass is 346 g/mol. The molecule has 0 aliphatic carbocycles. The molecule has 0 spiro atoms. The number of rotatable bonds is 7. The van der Waals surface area contributed by atoms with Crippen molar-refractivity contribution in [2.45, 2.75) is 20.0 Å². The van der Waals surface area contributed by atoms with Crippen molar-refractivity contribution >= 4 is 5.78 Å². The Bertz CT molecular complexity index is 874. The van der Waals surface area contributed by atoms with Crippen LogP contribution < -0.4 is 10.5 Å². The highest BCUT2D eigenvalue weighted by Gasteiger charge is 2.11. The lowest BCUT2D eigenvalue weighted by molar-refractivity contribution is 0.101. The van der Waals surface area contributed by atoms with Crippen molar-refractivity contribution in [2.24, 2.45) is 5.73 Å². The van der Waals surface area contributed by atoms with Crippen molar-refractivity contribution in [3.63, 3.8) is 0 Å². The van der Waals surface area contributed by atoms with Gasteiger partial charge < -0.3 is 10.5 Å². The van der Waals surface area contributed by atoms with E-state index in [2.05, 4.69) is 17.1 Å². The molecule has 2 aromatic carbocycles. The number of ether oxygens (including phenoxy) is 1. The highest BCUT2D eigenvalue weighted by atomic mass is 16.5. The molecular weight excluding hydrogens is 324 g/mol. The molecule has 2 N–H and O–H groups in total. The third kappa shape index (κ3) is 4.35. The molecule has 132 valence electrons. The molecule has 4 nitrogen and oxygen atoms in total. The molecule has 0 saturated heterocycles. The van der Waals surface area contributed by atoms with Gasteiger partial charge in [0.2, 0.25) is 0 Å². The van der Waals surface area contributed by atoms with Crippen LogP contribution >= 0.6 is 0 Å². The van der Waals surface area contributed by atoms with Crippen LogP contribution in [-0.2, 0) is 13.0 Å². The van der Waals surface area contributed by atoms with Crippen LogP contribution in [-0.4, -0.2) is 17.3 Å². The van der Waals surface area contributed by atoms with Crippen molar-refractivity contribution in [3.8, 4) is 16.9 Å². The van der Waals surface area contributed by atoms with Gasteiger partial charge in [-0.25, -0.2) is 0 Å². The Morgan fingerprint density at radius 3 is 2.54 bits per heavy atom. The Morgan fingerprint density at radius 2 is 1.88 bits per heavy atom. The molecule has 0 radical (unpaired) electrons. The van der Waals surface area contributed by atoms with Gasteiger partial charge in [-0.05, 0) is 61.3 Å². The van der Waals surface area contributed by atoms with E-state index in [1.165, 1.54) is 5.56 Å². The Balaban J connectivity index is 1.92. The molecule has 0 aliphatic rings. The number of ketones is 1. The average Bonchev–Trinajstić information content (AvgIpc) is 2.68. The number of benzene rings is 2. The van der Waals surface area contributed by atoms with Gasteiger partial charge in [0, 0.05) is 17.3 Å². The van der Waals surface area contributed by atoms with Crippen molar-refractivity contribution in [2.75, 3.05) is 6.54 Å². The van der Waals surface area contributed by atoms with Gasteiger partial charge in [0.25, 0.3) is 0 Å². The van der Waals surface area contributed by atoms with Gasteiger partial charge in [-0.1, -0.05) is 30.3 Å². The van der Waals surface area contributed by atoms with E-state index in [1.807, 2.05) is 42.5 Å². The number of aromatic nitrogens is 1. The smallest absolute Gasteiger partial charge is 0.159 e. The number of carbonyl (C=O) groups excluding carboxylic acids is 1. The molecule has 0 amide bonds. The number of hydrogen-bond acceptors (Lipinski definition) is 4. The SMILES string of the molecule is CC(=O)c1ccc(OCc2ccccn2)c(-c2ccc(CCN)cc2)c1. The fourth-order valence-electron chi connectivity index (χ4n) is 2.75. The Morgan fingerprint density at radius 1 is 1.08 bits per heavy atom. The third-order valence-electron chi connectivity index (χ3n) is 4.19. The summed E-state index contributed by atoms with van der Waals surface area (Å²) < 4.78 is 6.00. The van der Waals surface area contributed by atoms with Crippen molar-refractivity contribution in [3.05, 3.63) is 83.7 Å². The normalized spacial score (nSPS) is 10.5. The van der Waals surface area contributed by atoms with Crippen LogP contribution in [0.4, 0.5) is 0 Å². The summed E-state index contributed by atoms with van der Waals surface area (Å²) >= 11 is 0. The van der Waals surface area contributed by atoms with Crippen molar-refractivity contribution < 1.29 is 9.53 Å². The minimum atomic E-state index is 0.0299. The summed E-state index contributed by atoms with van der Waals surface area (Å²) in [5.74, 6) is 0.759. The second kappa shape index (κ2) is 8.41. The molecule has 3 aromatic rings. The summed E-state index contributed by atoms with van der Waals surface area (Å²) in [6, 6.07) is 19.5. The molecule has 0 saturated carbocycles. The third-order valence-corrected chi connectivity index (χ3v) is 4.19. The summed E-state index contributed by atoms with van der Waals surface area (Å²) in [6.07, 6.45) is 2.59. The van der Waals surface area contributed by atoms with Crippen LogP contribution in [0.5, 0.6) is 5.75 Å². The fourth-order valence-corrected chi connectivity index (χ4v) is 2.75. The predicted molar refractivity (Wildman–Crippen MR) is 103 cm³/mol. The lowest BCUT2D eigenvalue weighted by atomic mass is 9.99. The van der Waals surface area contributed by atoms with E-state index in [0.717, 1.165) is 29.0 Å². The van der Waals surface area contributed by atoms with Gasteiger partial charge in [0.1, 0.15) is 12.4 Å². The van der Waals surface area contributed by atoms with Crippen LogP contribution in [0.15, 0.2) is 66.9 Å². The summed E-state index contributed by atoms with van der Waals surface area (Å²) in [6.45, 7) is 2.56. The van der Waals surface area contributed by atoms with E-state index >= 15 is 0 Å². The van der Waals surface area contributed by atoms with Crippen LogP contribution in [0.1, 0.15) is 28.5 Å². The van der Waals surface area contributed by atoms with Gasteiger partial charge >= 0.3 is 0 Å². The van der Waals surface area contributed by atoms with Crippen LogP contribution in [0.3, 0.4) is 0 Å². The van der Waals surface area contributed by atoms with Crippen molar-refractivity contribution in [1.29, 1.82) is 0 Å². The number of hydrogen-bond donors (Lipinski definition) is 1. The first-order chi connectivity index (χ1) is 12.7. The maximum absolute atomic E-state index is 11.8. The first kappa shape index (κ1) is 17.8. The predicted octanol–water partition coefficient (Wildman–Crippen LogP) is 4.03. The van der Waals surface area contributed by atoms with Gasteiger partial charge in [-0.2, -0.15) is 0 Å². The van der Waals surface area contributed by atoms with E-state index in [0.29, 0.717) is 18.7 Å². The first-order valence-corrected chi connectivity index (χ1v) is 8.64. The zero-order chi connectivity index (χ0) is 18.4. The van der Waals surface area contributed by atoms with E-state index in [1.54, 1.807) is 19.2 Å². The topological polar surface area (TPSA) is 65.2 Å². The number of pyridine rings is 1. The first-order valence-electron chi connectivity index (χ1n) is 8.64. The van der Waals surface area contributed by atoms with Crippen LogP contribution in [0, 0.1) is 0 Å². The maximum atomic E-state index is 11.8. The molecule has 0 aliphatic heterocycles. The summed E-state index contributed by atoms with van der Waals surface area (Å²) in [5.41, 5.74) is 10.2. The molecular formula is C22H22N2O2. The lowest BCUT2D eigenvalue weighted by Crippen LogP contribution is -2.02. The highest BCUT2D eigenvalue weighted by Crippen LogP contribution is 2.32. The zero-order valence-electron chi connectivity index (χ0n) is 14.8. The molecule has 0 fully saturated rings. The zero-order valence-corrected chi connectivity index (χ0v) is 14.8. The van der Waals surface area contributed by atoms with E-state index < -0.39 is 0 Å². The van der Waals surface area contributed by atoms with Crippen molar-refractivity contribution in [1.82, 2.24) is 4.98 Å². The molecule has 0 unspecified atom stereocenters. The largest absolute Gasteiger partial charge is 0.487 e. The average molecular weight is 346 g/mol. The summed E-state index contributed by atoms with van der Waals surface area (Å²) in [5, 5.41) is 0. The number of nitrogens with zero attached hydrogens (tertiary/aromatic N) is 1. The summed E-state index contributed by atoms with van der Waals surface area (Å²) in [7, 11) is 0. The molecule has 26 heavy (non-hydrogen) atoms. The Kier molecular flexibility index (Phi) is 5.77. The molecule has 1 heterocycles. The van der Waals surface area contributed by atoms with Gasteiger partial charge in [-0.3, -0.25) is 9.78 Å². The minimum absolute atomic E-state index is 0.0299.